The minimum absolute atomic E-state index is 0.414. The number of thiophene rings is 1. The highest BCUT2D eigenvalue weighted by atomic mass is 32.1. The normalized spacial score (nSPS) is 11.6. The molecule has 27 heavy (non-hydrogen) atoms. The molecule has 7 heteroatoms. The number of carbonyl (C=O) groups excluding carboxylic acids is 2. The first-order chi connectivity index (χ1) is 13.1. The number of carbonyl (C=O) groups is 2. The zero-order valence-electron chi connectivity index (χ0n) is 14.0. The van der Waals surface area contributed by atoms with Gasteiger partial charge in [-0.2, -0.15) is 0 Å². The van der Waals surface area contributed by atoms with E-state index >= 15 is 0 Å². The molecule has 0 aliphatic carbocycles. The van der Waals surface area contributed by atoms with E-state index in [1.54, 1.807) is 0 Å². The lowest BCUT2D eigenvalue weighted by Crippen LogP contribution is -2.32. The molecule has 3 rings (SSSR count). The second-order valence-electron chi connectivity index (χ2n) is 5.60. The molecule has 0 fully saturated rings. The standard InChI is InChI=1S/C20H15F2NO3S/c21-14-8-4-9-15(22)18(14)20(25)26-12-17(24)23-19(16-10-5-11-27-16)13-6-2-1-3-7-13/h1-11,19H,12H2,(H,23,24)/t19-/m0/s1. The van der Waals surface area contributed by atoms with Crippen molar-refractivity contribution >= 4 is 23.2 Å². The average Bonchev–Trinajstić information content (AvgIpc) is 3.19. The Kier molecular flexibility index (Phi) is 5.93. The highest BCUT2D eigenvalue weighted by Crippen LogP contribution is 2.25. The van der Waals surface area contributed by atoms with E-state index in [4.69, 9.17) is 4.74 Å². The fourth-order valence-corrected chi connectivity index (χ4v) is 3.32. The lowest BCUT2D eigenvalue weighted by atomic mass is 10.1. The van der Waals surface area contributed by atoms with Crippen LogP contribution in [0.1, 0.15) is 26.8 Å². The molecule has 1 atom stereocenters. The third-order valence-electron chi connectivity index (χ3n) is 3.77. The number of halogens is 2. The molecule has 0 saturated heterocycles. The fourth-order valence-electron chi connectivity index (χ4n) is 2.52. The van der Waals surface area contributed by atoms with Crippen LogP contribution in [0.2, 0.25) is 0 Å². The maximum absolute atomic E-state index is 13.6. The van der Waals surface area contributed by atoms with Crippen LogP contribution in [0.15, 0.2) is 66.0 Å². The van der Waals surface area contributed by atoms with Crippen molar-refractivity contribution in [2.24, 2.45) is 0 Å². The lowest BCUT2D eigenvalue weighted by Gasteiger charge is -2.18. The van der Waals surface area contributed by atoms with Gasteiger partial charge in [0.2, 0.25) is 0 Å². The van der Waals surface area contributed by atoms with Gasteiger partial charge in [0, 0.05) is 4.88 Å². The zero-order chi connectivity index (χ0) is 19.2. The van der Waals surface area contributed by atoms with E-state index in [0.717, 1.165) is 28.6 Å². The summed E-state index contributed by atoms with van der Waals surface area (Å²) >= 11 is 1.47. The third kappa shape index (κ3) is 4.57. The monoisotopic (exact) mass is 387 g/mol. The smallest absolute Gasteiger partial charge is 0.344 e. The van der Waals surface area contributed by atoms with Crippen molar-refractivity contribution in [3.8, 4) is 0 Å². The van der Waals surface area contributed by atoms with Crippen LogP contribution < -0.4 is 5.32 Å². The Balaban J connectivity index is 1.68. The minimum Gasteiger partial charge on any atom is -0.452 e. The molecule has 2 aromatic carbocycles. The Morgan fingerprint density at radius 1 is 0.963 bits per heavy atom. The summed E-state index contributed by atoms with van der Waals surface area (Å²) in [4.78, 5) is 25.1. The topological polar surface area (TPSA) is 55.4 Å². The molecule has 0 saturated carbocycles. The number of nitrogens with one attached hydrogen (secondary N) is 1. The molecular weight excluding hydrogens is 372 g/mol. The van der Waals surface area contributed by atoms with Crippen LogP contribution in [0.4, 0.5) is 8.78 Å². The van der Waals surface area contributed by atoms with Crippen LogP contribution in [-0.2, 0) is 9.53 Å². The summed E-state index contributed by atoms with van der Waals surface area (Å²) in [6.07, 6.45) is 0. The maximum Gasteiger partial charge on any atom is 0.344 e. The number of amides is 1. The highest BCUT2D eigenvalue weighted by Gasteiger charge is 2.21. The molecule has 4 nitrogen and oxygen atoms in total. The van der Waals surface area contributed by atoms with Gasteiger partial charge in [0.15, 0.2) is 6.61 Å². The molecule has 0 spiro atoms. The van der Waals surface area contributed by atoms with Gasteiger partial charge in [0.05, 0.1) is 6.04 Å². The van der Waals surface area contributed by atoms with Gasteiger partial charge in [-0.3, -0.25) is 4.79 Å². The van der Waals surface area contributed by atoms with Gasteiger partial charge in [0.1, 0.15) is 17.2 Å². The van der Waals surface area contributed by atoms with E-state index in [1.807, 2.05) is 47.8 Å². The molecule has 1 amide bonds. The predicted molar refractivity (Wildman–Crippen MR) is 97.4 cm³/mol. The highest BCUT2D eigenvalue weighted by molar-refractivity contribution is 7.10. The van der Waals surface area contributed by atoms with Gasteiger partial charge >= 0.3 is 5.97 Å². The molecule has 0 aliphatic heterocycles. The van der Waals surface area contributed by atoms with Gasteiger partial charge in [-0.1, -0.05) is 42.5 Å². The molecular formula is C20H15F2NO3S. The summed E-state index contributed by atoms with van der Waals surface area (Å²) in [5.41, 5.74) is 0.0444. The van der Waals surface area contributed by atoms with Crippen LogP contribution in [0, 0.1) is 11.6 Å². The van der Waals surface area contributed by atoms with Crippen molar-refractivity contribution in [3.05, 3.63) is 93.7 Å². The number of rotatable bonds is 6. The Labute approximate surface area is 158 Å². The van der Waals surface area contributed by atoms with Gasteiger partial charge in [-0.05, 0) is 29.1 Å². The molecule has 1 heterocycles. The maximum atomic E-state index is 13.6. The minimum atomic E-state index is -1.23. The van der Waals surface area contributed by atoms with Crippen LogP contribution in [0.25, 0.3) is 0 Å². The van der Waals surface area contributed by atoms with E-state index in [-0.39, 0.29) is 0 Å². The van der Waals surface area contributed by atoms with E-state index in [0.29, 0.717) is 0 Å². The van der Waals surface area contributed by atoms with Crippen molar-refractivity contribution in [1.29, 1.82) is 0 Å². The van der Waals surface area contributed by atoms with E-state index in [2.05, 4.69) is 5.32 Å². The largest absolute Gasteiger partial charge is 0.452 e. The van der Waals surface area contributed by atoms with Gasteiger partial charge < -0.3 is 10.1 Å². The zero-order valence-corrected chi connectivity index (χ0v) is 14.8. The summed E-state index contributed by atoms with van der Waals surface area (Å²) in [6.45, 7) is -0.651. The fraction of sp³-hybridized carbons (Fsp3) is 0.100. The summed E-state index contributed by atoms with van der Waals surface area (Å²) in [7, 11) is 0. The van der Waals surface area contributed by atoms with E-state index in [1.165, 1.54) is 11.3 Å². The summed E-state index contributed by atoms with van der Waals surface area (Å²) in [5, 5.41) is 4.67. The number of esters is 1. The molecule has 0 bridgehead atoms. The second kappa shape index (κ2) is 8.55. The van der Waals surface area contributed by atoms with Gasteiger partial charge in [-0.25, -0.2) is 13.6 Å². The van der Waals surface area contributed by atoms with E-state index in [9.17, 15) is 18.4 Å². The van der Waals surface area contributed by atoms with Crippen LogP contribution in [0.5, 0.6) is 0 Å². The van der Waals surface area contributed by atoms with Crippen molar-refractivity contribution in [2.45, 2.75) is 6.04 Å². The van der Waals surface area contributed by atoms with Crippen LogP contribution in [-0.4, -0.2) is 18.5 Å². The number of hydrogen-bond acceptors (Lipinski definition) is 4. The quantitative estimate of drug-likeness (QED) is 0.648. The van der Waals surface area contributed by atoms with Crippen molar-refractivity contribution in [1.82, 2.24) is 5.32 Å². The Morgan fingerprint density at radius 3 is 2.30 bits per heavy atom. The van der Waals surface area contributed by atoms with Crippen LogP contribution >= 0.6 is 11.3 Å². The first kappa shape index (κ1) is 18.7. The van der Waals surface area contributed by atoms with Crippen LogP contribution in [0.3, 0.4) is 0 Å². The molecule has 138 valence electrons. The number of benzene rings is 2. The van der Waals surface area contributed by atoms with Crippen molar-refractivity contribution in [3.63, 3.8) is 0 Å². The summed E-state index contributed by atoms with van der Waals surface area (Å²) in [6, 6.07) is 15.7. The number of hydrogen-bond donors (Lipinski definition) is 1. The lowest BCUT2D eigenvalue weighted by molar-refractivity contribution is -0.124. The first-order valence-corrected chi connectivity index (χ1v) is 8.93. The molecule has 1 aromatic heterocycles. The van der Waals surface area contributed by atoms with Crippen molar-refractivity contribution in [2.75, 3.05) is 6.61 Å². The Hall–Kier alpha value is -3.06. The average molecular weight is 387 g/mol. The first-order valence-electron chi connectivity index (χ1n) is 8.05. The predicted octanol–water partition coefficient (Wildman–Crippen LogP) is 4.09. The Morgan fingerprint density at radius 2 is 1.67 bits per heavy atom. The molecule has 1 N–H and O–H groups in total. The third-order valence-corrected chi connectivity index (χ3v) is 4.70. The summed E-state index contributed by atoms with van der Waals surface area (Å²) in [5.74, 6) is -3.89. The van der Waals surface area contributed by atoms with Crippen molar-refractivity contribution < 1.29 is 23.1 Å². The SMILES string of the molecule is O=C(COC(=O)c1c(F)cccc1F)N[C@@H](c1ccccc1)c1cccs1. The van der Waals surface area contributed by atoms with Gasteiger partial charge in [0.25, 0.3) is 5.91 Å². The molecule has 0 aliphatic rings. The van der Waals surface area contributed by atoms with E-state index < -0.39 is 41.7 Å². The molecule has 3 aromatic rings. The second-order valence-corrected chi connectivity index (χ2v) is 6.58. The Bertz CT molecular complexity index is 909. The summed E-state index contributed by atoms with van der Waals surface area (Å²) < 4.78 is 32.0. The number of ether oxygens (including phenoxy) is 1. The van der Waals surface area contributed by atoms with Gasteiger partial charge in [-0.15, -0.1) is 11.3 Å². The molecule has 0 radical (unpaired) electrons. The molecule has 0 unspecified atom stereocenters.